The number of rotatable bonds is 6. The number of hydrogen-bond donors (Lipinski definition) is 1. The van der Waals surface area contributed by atoms with E-state index in [1.54, 1.807) is 24.3 Å². The molecule has 0 aliphatic rings. The number of halogens is 2. The van der Waals surface area contributed by atoms with Crippen molar-refractivity contribution in [2.24, 2.45) is 0 Å². The lowest BCUT2D eigenvalue weighted by molar-refractivity contribution is -0.116. The van der Waals surface area contributed by atoms with E-state index in [0.29, 0.717) is 22.3 Å². The van der Waals surface area contributed by atoms with Gasteiger partial charge in [-0.1, -0.05) is 30.1 Å². The van der Waals surface area contributed by atoms with E-state index >= 15 is 0 Å². The van der Waals surface area contributed by atoms with Crippen LogP contribution >= 0.6 is 23.2 Å². The van der Waals surface area contributed by atoms with Gasteiger partial charge in [-0.25, -0.2) is 0 Å². The first-order valence-electron chi connectivity index (χ1n) is 7.09. The second-order valence-electron chi connectivity index (χ2n) is 4.88. The summed E-state index contributed by atoms with van der Waals surface area (Å²) in [4.78, 5) is 25.9. The predicted molar refractivity (Wildman–Crippen MR) is 90.0 cm³/mol. The molecule has 2 rings (SSSR count). The Morgan fingerprint density at radius 1 is 1.26 bits per heavy atom. The van der Waals surface area contributed by atoms with Gasteiger partial charge in [0, 0.05) is 11.6 Å². The molecule has 0 fully saturated rings. The van der Waals surface area contributed by atoms with Crippen LogP contribution in [0.5, 0.6) is 0 Å². The monoisotopic (exact) mass is 354 g/mol. The quantitative estimate of drug-likeness (QED) is 0.849. The van der Waals surface area contributed by atoms with Crippen molar-refractivity contribution in [3.63, 3.8) is 0 Å². The lowest BCUT2D eigenvalue weighted by Crippen LogP contribution is -2.38. The Morgan fingerprint density at radius 3 is 2.65 bits per heavy atom. The van der Waals surface area contributed by atoms with Crippen LogP contribution in [0, 0.1) is 0 Å². The third-order valence-electron chi connectivity index (χ3n) is 3.05. The van der Waals surface area contributed by atoms with Gasteiger partial charge in [0.1, 0.15) is 6.54 Å². The third-order valence-corrected chi connectivity index (χ3v) is 3.60. The molecule has 1 N–H and O–H groups in total. The highest BCUT2D eigenvalue weighted by Crippen LogP contribution is 2.25. The largest absolute Gasteiger partial charge is 0.459 e. The van der Waals surface area contributed by atoms with Gasteiger partial charge in [-0.3, -0.25) is 9.59 Å². The molecular formula is C16H16Cl2N2O3. The van der Waals surface area contributed by atoms with Gasteiger partial charge in [0.2, 0.25) is 5.91 Å². The Bertz CT molecular complexity index is 687. The van der Waals surface area contributed by atoms with Crippen molar-refractivity contribution >= 4 is 40.7 Å². The first-order valence-corrected chi connectivity index (χ1v) is 7.84. The molecule has 0 saturated heterocycles. The second kappa shape index (κ2) is 8.04. The molecule has 0 aliphatic heterocycles. The van der Waals surface area contributed by atoms with Crippen LogP contribution in [0.3, 0.4) is 0 Å². The fourth-order valence-electron chi connectivity index (χ4n) is 2.03. The molecule has 0 bridgehead atoms. The Balaban J connectivity index is 2.04. The molecule has 23 heavy (non-hydrogen) atoms. The van der Waals surface area contributed by atoms with Crippen LogP contribution < -0.4 is 5.32 Å². The molecule has 0 saturated carbocycles. The first kappa shape index (κ1) is 17.4. The van der Waals surface area contributed by atoms with Crippen LogP contribution in [-0.4, -0.2) is 29.8 Å². The summed E-state index contributed by atoms with van der Waals surface area (Å²) in [6.45, 7) is 2.28. The van der Waals surface area contributed by atoms with Gasteiger partial charge in [-0.2, -0.15) is 0 Å². The zero-order chi connectivity index (χ0) is 16.8. The molecule has 0 spiro atoms. The Labute approximate surface area is 144 Å². The number of hydrogen-bond acceptors (Lipinski definition) is 3. The fraction of sp³-hybridized carbons (Fsp3) is 0.250. The summed E-state index contributed by atoms with van der Waals surface area (Å²) in [6, 6.07) is 7.97. The van der Waals surface area contributed by atoms with E-state index < -0.39 is 0 Å². The molecule has 2 amide bonds. The van der Waals surface area contributed by atoms with Crippen molar-refractivity contribution in [1.82, 2.24) is 4.90 Å². The number of benzene rings is 1. The number of furan rings is 1. The van der Waals surface area contributed by atoms with Crippen LogP contribution in [0.4, 0.5) is 5.69 Å². The average molecular weight is 355 g/mol. The Morgan fingerprint density at radius 2 is 2.04 bits per heavy atom. The normalized spacial score (nSPS) is 10.4. The molecule has 0 atom stereocenters. The van der Waals surface area contributed by atoms with E-state index in [9.17, 15) is 9.59 Å². The summed E-state index contributed by atoms with van der Waals surface area (Å²) < 4.78 is 5.10. The Kier molecular flexibility index (Phi) is 6.07. The molecule has 1 heterocycles. The van der Waals surface area contributed by atoms with Gasteiger partial charge in [-0.05, 0) is 36.8 Å². The third kappa shape index (κ3) is 4.74. The van der Waals surface area contributed by atoms with Crippen molar-refractivity contribution in [2.45, 2.75) is 13.3 Å². The molecule has 5 nitrogen and oxygen atoms in total. The zero-order valence-corrected chi connectivity index (χ0v) is 14.0. The summed E-state index contributed by atoms with van der Waals surface area (Å²) in [6.07, 6.45) is 2.15. The molecule has 1 aromatic heterocycles. The van der Waals surface area contributed by atoms with Crippen LogP contribution in [0.1, 0.15) is 23.9 Å². The van der Waals surface area contributed by atoms with Crippen LogP contribution in [0.15, 0.2) is 41.0 Å². The maximum Gasteiger partial charge on any atom is 0.290 e. The summed E-state index contributed by atoms with van der Waals surface area (Å²) >= 11 is 11.8. The van der Waals surface area contributed by atoms with Gasteiger partial charge in [-0.15, -0.1) is 0 Å². The summed E-state index contributed by atoms with van der Waals surface area (Å²) in [5.41, 5.74) is 0.447. The van der Waals surface area contributed by atoms with Crippen molar-refractivity contribution in [3.8, 4) is 0 Å². The minimum absolute atomic E-state index is 0.0909. The standard InChI is InChI=1S/C16H16Cl2N2O3/c1-2-7-20(16(22)14-4-3-8-23-14)10-15(21)19-13-6-5-11(17)9-12(13)18/h3-6,8-9H,2,7,10H2,1H3,(H,19,21). The highest BCUT2D eigenvalue weighted by atomic mass is 35.5. The van der Waals surface area contributed by atoms with Gasteiger partial charge in [0.25, 0.3) is 5.91 Å². The van der Waals surface area contributed by atoms with Crippen molar-refractivity contribution in [1.29, 1.82) is 0 Å². The summed E-state index contributed by atoms with van der Waals surface area (Å²) in [5.74, 6) is -0.465. The zero-order valence-electron chi connectivity index (χ0n) is 12.5. The topological polar surface area (TPSA) is 62.6 Å². The minimum Gasteiger partial charge on any atom is -0.459 e. The maximum atomic E-state index is 12.3. The van der Waals surface area contributed by atoms with E-state index in [0.717, 1.165) is 6.42 Å². The fourth-order valence-corrected chi connectivity index (χ4v) is 2.49. The summed E-state index contributed by atoms with van der Waals surface area (Å²) in [5, 5.41) is 3.49. The lowest BCUT2D eigenvalue weighted by Gasteiger charge is -2.20. The number of amides is 2. The van der Waals surface area contributed by atoms with Gasteiger partial charge in [0.15, 0.2) is 5.76 Å². The molecular weight excluding hydrogens is 339 g/mol. The van der Waals surface area contributed by atoms with Crippen molar-refractivity contribution in [3.05, 3.63) is 52.4 Å². The number of carbonyl (C=O) groups is 2. The Hall–Kier alpha value is -1.98. The molecule has 0 aliphatic carbocycles. The summed E-state index contributed by atoms with van der Waals surface area (Å²) in [7, 11) is 0. The molecule has 0 unspecified atom stereocenters. The molecule has 7 heteroatoms. The van der Waals surface area contributed by atoms with E-state index in [1.807, 2.05) is 6.92 Å². The van der Waals surface area contributed by atoms with Crippen molar-refractivity contribution < 1.29 is 14.0 Å². The van der Waals surface area contributed by atoms with Crippen LogP contribution in [-0.2, 0) is 4.79 Å². The maximum absolute atomic E-state index is 12.3. The van der Waals surface area contributed by atoms with Crippen LogP contribution in [0.2, 0.25) is 10.0 Å². The van der Waals surface area contributed by atoms with Gasteiger partial charge in [0.05, 0.1) is 17.0 Å². The average Bonchev–Trinajstić information content (AvgIpc) is 3.03. The van der Waals surface area contributed by atoms with E-state index in [-0.39, 0.29) is 24.1 Å². The lowest BCUT2D eigenvalue weighted by atomic mass is 10.3. The second-order valence-corrected chi connectivity index (χ2v) is 5.72. The molecule has 2 aromatic rings. The van der Waals surface area contributed by atoms with Crippen LogP contribution in [0.25, 0.3) is 0 Å². The van der Waals surface area contributed by atoms with E-state index in [4.69, 9.17) is 27.6 Å². The number of carbonyl (C=O) groups excluding carboxylic acids is 2. The van der Waals surface area contributed by atoms with E-state index in [1.165, 1.54) is 17.2 Å². The van der Waals surface area contributed by atoms with Gasteiger partial charge < -0.3 is 14.6 Å². The number of nitrogens with zero attached hydrogens (tertiary/aromatic N) is 1. The molecule has 1 aromatic carbocycles. The smallest absolute Gasteiger partial charge is 0.290 e. The molecule has 122 valence electrons. The SMILES string of the molecule is CCCN(CC(=O)Nc1ccc(Cl)cc1Cl)C(=O)c1ccco1. The van der Waals surface area contributed by atoms with E-state index in [2.05, 4.69) is 5.32 Å². The van der Waals surface area contributed by atoms with Gasteiger partial charge >= 0.3 is 0 Å². The highest BCUT2D eigenvalue weighted by molar-refractivity contribution is 6.36. The molecule has 0 radical (unpaired) electrons. The number of nitrogens with one attached hydrogen (secondary N) is 1. The predicted octanol–water partition coefficient (Wildman–Crippen LogP) is 4.08. The highest BCUT2D eigenvalue weighted by Gasteiger charge is 2.20. The van der Waals surface area contributed by atoms with Crippen molar-refractivity contribution in [2.75, 3.05) is 18.4 Å². The minimum atomic E-state index is -0.345. The first-order chi connectivity index (χ1) is 11.0. The number of anilines is 1.